The highest BCUT2D eigenvalue weighted by Crippen LogP contribution is 2.20. The van der Waals surface area contributed by atoms with Crippen molar-refractivity contribution in [1.29, 1.82) is 0 Å². The third-order valence-corrected chi connectivity index (χ3v) is 2.10. The summed E-state index contributed by atoms with van der Waals surface area (Å²) < 4.78 is 0. The smallest absolute Gasteiger partial charge is 0.221 e. The topological polar surface area (TPSA) is 49.3 Å². The number of amides is 1. The molecule has 0 saturated heterocycles. The molecule has 0 bridgehead atoms. The minimum atomic E-state index is -0.0717. The molecule has 1 rings (SSSR count). The number of allylic oxidation sites excluding steroid dienone is 2. The van der Waals surface area contributed by atoms with E-state index in [1.807, 2.05) is 19.1 Å². The molecule has 0 heterocycles. The van der Waals surface area contributed by atoms with Gasteiger partial charge in [-0.25, -0.2) is 0 Å². The van der Waals surface area contributed by atoms with E-state index in [1.54, 1.807) is 0 Å². The van der Waals surface area contributed by atoms with Crippen molar-refractivity contribution >= 4 is 5.91 Å². The van der Waals surface area contributed by atoms with Gasteiger partial charge in [0, 0.05) is 25.1 Å². The minimum absolute atomic E-state index is 0.0717. The molecule has 1 unspecified atom stereocenters. The van der Waals surface area contributed by atoms with E-state index in [9.17, 15) is 4.79 Å². The summed E-state index contributed by atoms with van der Waals surface area (Å²) in [6.45, 7) is 3.57. The summed E-state index contributed by atoms with van der Waals surface area (Å²) in [5.74, 6) is 0.0724. The van der Waals surface area contributed by atoms with Gasteiger partial charge in [-0.15, -0.1) is 0 Å². The summed E-state index contributed by atoms with van der Waals surface area (Å²) in [4.78, 5) is 10.8. The first-order valence-corrected chi connectivity index (χ1v) is 4.41. The van der Waals surface area contributed by atoms with E-state index in [-0.39, 0.29) is 18.4 Å². The van der Waals surface area contributed by atoms with Gasteiger partial charge in [0.15, 0.2) is 0 Å². The molecule has 0 radical (unpaired) electrons. The molecule has 13 heavy (non-hydrogen) atoms. The Kier molecular flexibility index (Phi) is 3.25. The molecule has 0 aromatic heterocycles. The number of carbonyl (C=O) groups excluding carboxylic acids is 1. The molecular weight excluding hydrogens is 166 g/mol. The Bertz CT molecular complexity index is 266. The van der Waals surface area contributed by atoms with Gasteiger partial charge in [0.1, 0.15) is 0 Å². The van der Waals surface area contributed by atoms with Gasteiger partial charge in [0.05, 0.1) is 0 Å². The van der Waals surface area contributed by atoms with Crippen LogP contribution in [0.3, 0.4) is 0 Å². The van der Waals surface area contributed by atoms with Crippen molar-refractivity contribution in [2.45, 2.75) is 20.3 Å². The molecule has 3 heteroatoms. The average molecular weight is 181 g/mol. The van der Waals surface area contributed by atoms with Crippen molar-refractivity contribution < 1.29 is 9.90 Å². The fraction of sp³-hybridized carbons (Fsp3) is 0.500. The van der Waals surface area contributed by atoms with Gasteiger partial charge in [-0.1, -0.05) is 12.2 Å². The van der Waals surface area contributed by atoms with Crippen molar-refractivity contribution in [2.75, 3.05) is 6.61 Å². The monoisotopic (exact) mass is 181 g/mol. The van der Waals surface area contributed by atoms with Gasteiger partial charge in [0.2, 0.25) is 5.91 Å². The first kappa shape index (κ1) is 9.99. The summed E-state index contributed by atoms with van der Waals surface area (Å²) in [6, 6.07) is 0. The molecule has 0 spiro atoms. The first-order chi connectivity index (χ1) is 6.13. The summed E-state index contributed by atoms with van der Waals surface area (Å²) in [5, 5.41) is 11.7. The summed E-state index contributed by atoms with van der Waals surface area (Å²) in [5.41, 5.74) is 1.90. The average Bonchev–Trinajstić information content (AvgIpc) is 2.08. The maximum atomic E-state index is 10.8. The van der Waals surface area contributed by atoms with Gasteiger partial charge in [-0.05, 0) is 18.9 Å². The van der Waals surface area contributed by atoms with E-state index in [2.05, 4.69) is 5.32 Å². The summed E-state index contributed by atoms with van der Waals surface area (Å²) in [7, 11) is 0. The van der Waals surface area contributed by atoms with E-state index in [4.69, 9.17) is 5.11 Å². The van der Waals surface area contributed by atoms with Gasteiger partial charge in [-0.3, -0.25) is 4.79 Å². The van der Waals surface area contributed by atoms with E-state index < -0.39 is 0 Å². The van der Waals surface area contributed by atoms with E-state index >= 15 is 0 Å². The molecule has 1 aliphatic carbocycles. The SMILES string of the molecule is CC(=O)NC1=CC(CO)CC=C1C. The van der Waals surface area contributed by atoms with E-state index in [0.29, 0.717) is 0 Å². The van der Waals surface area contributed by atoms with Crippen LogP contribution < -0.4 is 5.32 Å². The molecule has 0 aromatic carbocycles. The molecule has 0 aromatic rings. The second kappa shape index (κ2) is 4.23. The standard InChI is InChI=1S/C10H15NO2/c1-7-3-4-9(6-12)5-10(7)11-8(2)13/h3,5,9,12H,4,6H2,1-2H3,(H,11,13). The van der Waals surface area contributed by atoms with Crippen LogP contribution in [-0.2, 0) is 4.79 Å². The van der Waals surface area contributed by atoms with Crippen LogP contribution in [0.1, 0.15) is 20.3 Å². The maximum Gasteiger partial charge on any atom is 0.221 e. The molecule has 1 amide bonds. The fourth-order valence-electron chi connectivity index (χ4n) is 1.33. The predicted octanol–water partition coefficient (Wildman–Crippen LogP) is 0.965. The Morgan fingerprint density at radius 3 is 3.00 bits per heavy atom. The van der Waals surface area contributed by atoms with Crippen molar-refractivity contribution in [3.05, 3.63) is 23.4 Å². The highest BCUT2D eigenvalue weighted by Gasteiger charge is 2.12. The summed E-state index contributed by atoms with van der Waals surface area (Å²) in [6.07, 6.45) is 4.80. The van der Waals surface area contributed by atoms with Crippen LogP contribution in [0.25, 0.3) is 0 Å². The first-order valence-electron chi connectivity index (χ1n) is 4.41. The third kappa shape index (κ3) is 2.70. The summed E-state index contributed by atoms with van der Waals surface area (Å²) >= 11 is 0. The lowest BCUT2D eigenvalue weighted by Gasteiger charge is -2.18. The second-order valence-electron chi connectivity index (χ2n) is 3.33. The highest BCUT2D eigenvalue weighted by molar-refractivity contribution is 5.76. The number of rotatable bonds is 2. The van der Waals surface area contributed by atoms with Crippen molar-refractivity contribution in [3.63, 3.8) is 0 Å². The molecule has 3 nitrogen and oxygen atoms in total. The van der Waals surface area contributed by atoms with E-state index in [0.717, 1.165) is 17.7 Å². The zero-order valence-electron chi connectivity index (χ0n) is 8.00. The van der Waals surface area contributed by atoms with Crippen LogP contribution >= 0.6 is 0 Å². The normalized spacial score (nSPS) is 21.9. The third-order valence-electron chi connectivity index (χ3n) is 2.10. The number of aliphatic hydroxyl groups excluding tert-OH is 1. The van der Waals surface area contributed by atoms with Crippen molar-refractivity contribution in [1.82, 2.24) is 5.32 Å². The van der Waals surface area contributed by atoms with Crippen LogP contribution in [0, 0.1) is 5.92 Å². The molecule has 0 saturated carbocycles. The lowest BCUT2D eigenvalue weighted by Crippen LogP contribution is -2.23. The molecule has 0 fully saturated rings. The van der Waals surface area contributed by atoms with Gasteiger partial charge >= 0.3 is 0 Å². The minimum Gasteiger partial charge on any atom is -0.396 e. The van der Waals surface area contributed by atoms with Gasteiger partial charge in [0.25, 0.3) is 0 Å². The predicted molar refractivity (Wildman–Crippen MR) is 50.8 cm³/mol. The molecule has 2 N–H and O–H groups in total. The zero-order valence-corrected chi connectivity index (χ0v) is 8.00. The Morgan fingerprint density at radius 1 is 1.77 bits per heavy atom. The van der Waals surface area contributed by atoms with Crippen LogP contribution in [0.4, 0.5) is 0 Å². The number of hydrogen-bond acceptors (Lipinski definition) is 2. The molecule has 72 valence electrons. The highest BCUT2D eigenvalue weighted by atomic mass is 16.3. The molecule has 1 atom stereocenters. The second-order valence-corrected chi connectivity index (χ2v) is 3.33. The van der Waals surface area contributed by atoms with Crippen LogP contribution in [0.5, 0.6) is 0 Å². The Morgan fingerprint density at radius 2 is 2.46 bits per heavy atom. The number of carbonyl (C=O) groups is 1. The zero-order chi connectivity index (χ0) is 9.84. The van der Waals surface area contributed by atoms with Gasteiger partial charge in [-0.2, -0.15) is 0 Å². The quantitative estimate of drug-likeness (QED) is 0.666. The Balaban J connectivity index is 2.72. The van der Waals surface area contributed by atoms with Crippen molar-refractivity contribution in [3.8, 4) is 0 Å². The molecule has 1 aliphatic rings. The number of nitrogens with one attached hydrogen (secondary N) is 1. The fourth-order valence-corrected chi connectivity index (χ4v) is 1.33. The van der Waals surface area contributed by atoms with Crippen LogP contribution in [0.15, 0.2) is 23.4 Å². The largest absolute Gasteiger partial charge is 0.396 e. The number of hydrogen-bond donors (Lipinski definition) is 2. The maximum absolute atomic E-state index is 10.8. The Hall–Kier alpha value is -1.09. The Labute approximate surface area is 78.1 Å². The van der Waals surface area contributed by atoms with Gasteiger partial charge < -0.3 is 10.4 Å². The molecular formula is C10H15NO2. The van der Waals surface area contributed by atoms with Crippen molar-refractivity contribution in [2.24, 2.45) is 5.92 Å². The van der Waals surface area contributed by atoms with E-state index in [1.165, 1.54) is 6.92 Å². The lowest BCUT2D eigenvalue weighted by atomic mass is 9.95. The van der Waals surface area contributed by atoms with Crippen LogP contribution in [-0.4, -0.2) is 17.6 Å². The van der Waals surface area contributed by atoms with Crippen LogP contribution in [0.2, 0.25) is 0 Å². The molecule has 0 aliphatic heterocycles. The number of aliphatic hydroxyl groups is 1. The lowest BCUT2D eigenvalue weighted by molar-refractivity contribution is -0.118.